The molecule has 2 aromatic rings. The van der Waals surface area contributed by atoms with E-state index in [2.05, 4.69) is 42.3 Å². The van der Waals surface area contributed by atoms with Gasteiger partial charge in [-0.25, -0.2) is 6.08 Å². The van der Waals surface area contributed by atoms with Crippen LogP contribution in [0.25, 0.3) is 23.1 Å². The van der Waals surface area contributed by atoms with Crippen LogP contribution in [0.3, 0.4) is 0 Å². The smallest absolute Gasteiger partial charge is 0.0693 e. The van der Waals surface area contributed by atoms with E-state index in [0.29, 0.717) is 0 Å². The molecule has 0 saturated carbocycles. The van der Waals surface area contributed by atoms with E-state index in [-0.39, 0.29) is 0 Å². The highest BCUT2D eigenvalue weighted by atomic mass is 14.7. The molecule has 0 bridgehead atoms. The molecule has 1 heterocycles. The number of para-hydroxylation sites is 1. The van der Waals surface area contributed by atoms with Gasteiger partial charge in [-0.2, -0.15) is 6.08 Å². The van der Waals surface area contributed by atoms with Crippen LogP contribution in [-0.2, 0) is 0 Å². The molecule has 1 aromatic carbocycles. The molecule has 0 radical (unpaired) electrons. The normalized spacial score (nSPS) is 13.8. The lowest BCUT2D eigenvalue weighted by Crippen LogP contribution is -2.30. The van der Waals surface area contributed by atoms with Crippen molar-refractivity contribution in [2.45, 2.75) is 13.3 Å². The maximum atomic E-state index is 4.68. The number of hydrogen-bond donors (Lipinski definition) is 0. The van der Waals surface area contributed by atoms with Crippen LogP contribution in [0.4, 0.5) is 0 Å². The minimum Gasteiger partial charge on any atom is -0.271 e. The Morgan fingerprint density at radius 1 is 1.25 bits per heavy atom. The highest BCUT2D eigenvalue weighted by molar-refractivity contribution is 5.82. The first-order valence-corrected chi connectivity index (χ1v) is 5.49. The molecule has 16 heavy (non-hydrogen) atoms. The number of aryl methyl sites for hydroxylation is 1. The fourth-order valence-corrected chi connectivity index (χ4v) is 2.17. The Hall–Kier alpha value is -1.89. The van der Waals surface area contributed by atoms with Gasteiger partial charge < -0.3 is 0 Å². The summed E-state index contributed by atoms with van der Waals surface area (Å²) in [5, 5.41) is 3.55. The standard InChI is InChI=1S/C15H12N/c1-11-12-7-3-2-4-9-14(12)16-15-10-6-5-8-13(11)15/h4-10H,3H2,1H3/q-1. The van der Waals surface area contributed by atoms with Crippen molar-refractivity contribution in [2.24, 2.45) is 0 Å². The van der Waals surface area contributed by atoms with E-state index in [0.717, 1.165) is 17.3 Å². The summed E-state index contributed by atoms with van der Waals surface area (Å²) in [6, 6.07) is 8.29. The van der Waals surface area contributed by atoms with Crippen molar-refractivity contribution in [1.29, 1.82) is 0 Å². The van der Waals surface area contributed by atoms with Gasteiger partial charge in [0.05, 0.1) is 5.52 Å². The highest BCUT2D eigenvalue weighted by Crippen LogP contribution is 2.10. The lowest BCUT2D eigenvalue weighted by molar-refractivity contribution is 1.24. The molecule has 1 nitrogen and oxygen atoms in total. The van der Waals surface area contributed by atoms with Gasteiger partial charge in [0.15, 0.2) is 0 Å². The van der Waals surface area contributed by atoms with E-state index in [1.807, 2.05) is 18.2 Å². The second-order valence-corrected chi connectivity index (χ2v) is 4.00. The van der Waals surface area contributed by atoms with Gasteiger partial charge in [-0.15, -0.1) is 0 Å². The number of fused-ring (bicyclic) bond motifs is 2. The molecule has 0 fully saturated rings. The molecule has 1 aliphatic carbocycles. The number of nitrogens with zero attached hydrogens (tertiary/aromatic N) is 1. The first-order chi connectivity index (χ1) is 7.86. The van der Waals surface area contributed by atoms with Crippen molar-refractivity contribution >= 4 is 23.1 Å². The van der Waals surface area contributed by atoms with Gasteiger partial charge in [0.1, 0.15) is 0 Å². The summed E-state index contributed by atoms with van der Waals surface area (Å²) < 4.78 is 0. The molecule has 0 aliphatic heterocycles. The Morgan fingerprint density at radius 3 is 3.06 bits per heavy atom. The van der Waals surface area contributed by atoms with E-state index in [4.69, 9.17) is 0 Å². The average Bonchev–Trinajstić information content (AvgIpc) is 2.55. The second-order valence-electron chi connectivity index (χ2n) is 4.00. The minimum absolute atomic E-state index is 0.865. The zero-order valence-electron chi connectivity index (χ0n) is 9.20. The van der Waals surface area contributed by atoms with Crippen molar-refractivity contribution in [2.75, 3.05) is 0 Å². The predicted molar refractivity (Wildman–Crippen MR) is 67.1 cm³/mol. The van der Waals surface area contributed by atoms with Gasteiger partial charge >= 0.3 is 0 Å². The summed E-state index contributed by atoms with van der Waals surface area (Å²) in [5.74, 6) is 0. The first-order valence-electron chi connectivity index (χ1n) is 5.49. The van der Waals surface area contributed by atoms with E-state index in [9.17, 15) is 0 Å². The van der Waals surface area contributed by atoms with Gasteiger partial charge in [0.2, 0.25) is 0 Å². The molecular weight excluding hydrogens is 194 g/mol. The predicted octanol–water partition coefficient (Wildman–Crippen LogP) is 1.87. The van der Waals surface area contributed by atoms with Crippen molar-refractivity contribution in [3.8, 4) is 0 Å². The van der Waals surface area contributed by atoms with Crippen LogP contribution in [0.15, 0.2) is 30.3 Å². The summed E-state index contributed by atoms with van der Waals surface area (Å²) in [6.07, 6.45) is 10.3. The second kappa shape index (κ2) is 3.60. The molecule has 0 amide bonds. The Labute approximate surface area is 94.4 Å². The summed E-state index contributed by atoms with van der Waals surface area (Å²) in [4.78, 5) is 4.68. The van der Waals surface area contributed by atoms with Gasteiger partial charge in [-0.3, -0.25) is 11.1 Å². The number of allylic oxidation sites excluding steroid dienone is 2. The summed E-state index contributed by atoms with van der Waals surface area (Å²) in [7, 11) is 0. The lowest BCUT2D eigenvalue weighted by Gasteiger charge is -2.04. The summed E-state index contributed by atoms with van der Waals surface area (Å²) >= 11 is 0. The number of aromatic nitrogens is 1. The van der Waals surface area contributed by atoms with Gasteiger partial charge in [-0.05, 0) is 29.1 Å². The van der Waals surface area contributed by atoms with Crippen LogP contribution in [0.1, 0.15) is 12.0 Å². The number of hydrogen-bond acceptors (Lipinski definition) is 1. The molecule has 1 aliphatic rings. The molecule has 1 heteroatoms. The highest BCUT2D eigenvalue weighted by Gasteiger charge is 1.99. The van der Waals surface area contributed by atoms with E-state index in [1.54, 1.807) is 0 Å². The van der Waals surface area contributed by atoms with Crippen LogP contribution in [-0.4, -0.2) is 4.98 Å². The van der Waals surface area contributed by atoms with Crippen LogP contribution in [0.2, 0.25) is 0 Å². The molecule has 1 aromatic heterocycles. The largest absolute Gasteiger partial charge is 0.271 e. The van der Waals surface area contributed by atoms with Crippen LogP contribution in [0.5, 0.6) is 0 Å². The van der Waals surface area contributed by atoms with Crippen molar-refractivity contribution in [3.05, 3.63) is 52.5 Å². The monoisotopic (exact) mass is 206 g/mol. The molecule has 0 saturated heterocycles. The number of pyridine rings is 1. The van der Waals surface area contributed by atoms with Crippen molar-refractivity contribution in [1.82, 2.24) is 4.98 Å². The molecule has 3 rings (SSSR count). The van der Waals surface area contributed by atoms with Crippen molar-refractivity contribution < 1.29 is 0 Å². The summed E-state index contributed by atoms with van der Waals surface area (Å²) in [5.41, 5.74) is 2.38. The molecule has 0 unspecified atom stereocenters. The Morgan fingerprint density at radius 2 is 2.12 bits per heavy atom. The fraction of sp³-hybridized carbons (Fsp3) is 0.133. The maximum absolute atomic E-state index is 4.68. The molecule has 0 atom stereocenters. The van der Waals surface area contributed by atoms with Crippen molar-refractivity contribution in [3.63, 3.8) is 0 Å². The maximum Gasteiger partial charge on any atom is 0.0693 e. The Bertz CT molecular complexity index is 693. The molecule has 0 spiro atoms. The fourth-order valence-electron chi connectivity index (χ4n) is 2.17. The number of rotatable bonds is 0. The van der Waals surface area contributed by atoms with Crippen LogP contribution >= 0.6 is 0 Å². The quantitative estimate of drug-likeness (QED) is 0.600. The first kappa shape index (κ1) is 9.34. The van der Waals surface area contributed by atoms with E-state index >= 15 is 0 Å². The Kier molecular flexibility index (Phi) is 2.10. The van der Waals surface area contributed by atoms with Gasteiger partial charge in [0.25, 0.3) is 0 Å². The van der Waals surface area contributed by atoms with Gasteiger partial charge in [0, 0.05) is 5.39 Å². The third-order valence-corrected chi connectivity index (χ3v) is 3.01. The average molecular weight is 206 g/mol. The van der Waals surface area contributed by atoms with E-state index in [1.165, 1.54) is 16.2 Å². The molecular formula is C15H12N-. The Balaban J connectivity index is 2.56. The lowest BCUT2D eigenvalue weighted by atomic mass is 10.1. The zero-order valence-corrected chi connectivity index (χ0v) is 9.20. The van der Waals surface area contributed by atoms with Crippen LogP contribution < -0.4 is 10.6 Å². The molecule has 0 N–H and O–H groups in total. The third kappa shape index (κ3) is 1.36. The summed E-state index contributed by atoms with van der Waals surface area (Å²) in [6.45, 7) is 2.17. The molecule has 78 valence electrons. The van der Waals surface area contributed by atoms with Crippen LogP contribution in [0, 0.1) is 13.0 Å². The van der Waals surface area contributed by atoms with Gasteiger partial charge in [-0.1, -0.05) is 30.7 Å². The minimum atomic E-state index is 0.865. The third-order valence-electron chi connectivity index (χ3n) is 3.01. The number of benzene rings is 1. The van der Waals surface area contributed by atoms with E-state index < -0.39 is 0 Å². The SMILES string of the molecule is Cc1c2c(nc3ccccc13)=CC=[C-]CC=2. The topological polar surface area (TPSA) is 12.9 Å². The zero-order chi connectivity index (χ0) is 11.0.